The topological polar surface area (TPSA) is 165 Å². The third-order valence-electron chi connectivity index (χ3n) is 7.70. The minimum Gasteiger partial charge on any atom is -0.481 e. The second-order valence-electron chi connectivity index (χ2n) is 11.1. The largest absolute Gasteiger partial charge is 0.481 e. The first-order chi connectivity index (χ1) is 22.5. The van der Waals surface area contributed by atoms with Crippen molar-refractivity contribution in [3.63, 3.8) is 0 Å². The minimum absolute atomic E-state index is 0.0453. The Morgan fingerprint density at radius 1 is 1.09 bits per heavy atom. The van der Waals surface area contributed by atoms with Gasteiger partial charge in [0.05, 0.1) is 25.1 Å². The zero-order valence-corrected chi connectivity index (χ0v) is 27.8. The first-order valence-corrected chi connectivity index (χ1v) is 16.2. The highest BCUT2D eigenvalue weighted by atomic mass is 35.5. The molecule has 0 radical (unpaired) electrons. The molecule has 4 aromatic rings. The zero-order chi connectivity index (χ0) is 33.7. The lowest BCUT2D eigenvalue weighted by molar-refractivity contribution is -0.136. The highest BCUT2D eigenvalue weighted by Crippen LogP contribution is 2.39. The molecule has 0 spiro atoms. The van der Waals surface area contributed by atoms with Crippen molar-refractivity contribution in [1.82, 2.24) is 20.1 Å². The number of nitrogens with two attached hydrogens (primary N) is 1. The number of aromatic nitrogens is 3. The molecule has 13 heteroatoms. The number of anilines is 1. The maximum absolute atomic E-state index is 13.2. The number of benzene rings is 2. The van der Waals surface area contributed by atoms with E-state index in [1.54, 1.807) is 29.5 Å². The number of aliphatic carboxylic acids is 1. The molecule has 0 bridgehead atoms. The van der Waals surface area contributed by atoms with Crippen molar-refractivity contribution in [3.8, 4) is 16.8 Å². The molecule has 1 atom stereocenters. The summed E-state index contributed by atoms with van der Waals surface area (Å²) in [5.41, 5.74) is 10.7. The molecule has 1 aliphatic heterocycles. The summed E-state index contributed by atoms with van der Waals surface area (Å²) < 4.78 is 2.00. The highest BCUT2D eigenvalue weighted by Gasteiger charge is 2.32. The second kappa shape index (κ2) is 14.7. The van der Waals surface area contributed by atoms with E-state index >= 15 is 0 Å². The zero-order valence-electron chi connectivity index (χ0n) is 26.2. The van der Waals surface area contributed by atoms with Gasteiger partial charge in [-0.05, 0) is 62.6 Å². The summed E-state index contributed by atoms with van der Waals surface area (Å²) in [6.45, 7) is 6.45. The van der Waals surface area contributed by atoms with Gasteiger partial charge in [0, 0.05) is 45.2 Å². The van der Waals surface area contributed by atoms with Crippen LogP contribution in [0.15, 0.2) is 47.5 Å². The molecule has 5 N–H and O–H groups in total. The van der Waals surface area contributed by atoms with Crippen LogP contribution in [0.2, 0.25) is 5.02 Å². The molecular weight excluding hydrogens is 638 g/mol. The number of aliphatic imine (C=N–C) groups is 1. The molecule has 0 fully saturated rings. The fourth-order valence-corrected chi connectivity index (χ4v) is 6.65. The van der Waals surface area contributed by atoms with Gasteiger partial charge in [0.2, 0.25) is 11.8 Å². The second-order valence-corrected chi connectivity index (χ2v) is 12.7. The van der Waals surface area contributed by atoms with Crippen LogP contribution >= 0.6 is 22.9 Å². The molecule has 3 heterocycles. The van der Waals surface area contributed by atoms with Crippen LogP contribution in [0, 0.1) is 32.6 Å². The van der Waals surface area contributed by atoms with Gasteiger partial charge in [0.25, 0.3) is 0 Å². The first kappa shape index (κ1) is 33.5. The Bertz CT molecular complexity index is 1940. The summed E-state index contributed by atoms with van der Waals surface area (Å²) in [5.74, 6) is 5.44. The number of amides is 2. The van der Waals surface area contributed by atoms with Gasteiger partial charge in [0.1, 0.15) is 16.9 Å². The third kappa shape index (κ3) is 7.77. The lowest BCUT2D eigenvalue weighted by Gasteiger charge is -2.13. The number of carbonyl (C=O) groups excluding carboxylic acids is 2. The number of nitrogens with zero attached hydrogens (tertiary/aromatic N) is 4. The van der Waals surface area contributed by atoms with Crippen molar-refractivity contribution < 1.29 is 19.5 Å². The summed E-state index contributed by atoms with van der Waals surface area (Å²) in [6, 6.07) is 11.8. The Morgan fingerprint density at radius 3 is 2.57 bits per heavy atom. The molecule has 2 aromatic heterocycles. The van der Waals surface area contributed by atoms with Crippen LogP contribution in [0.4, 0.5) is 5.69 Å². The number of thiophene rings is 1. The van der Waals surface area contributed by atoms with E-state index in [0.717, 1.165) is 32.3 Å². The van der Waals surface area contributed by atoms with E-state index in [1.165, 1.54) is 0 Å². The molecule has 0 saturated carbocycles. The van der Waals surface area contributed by atoms with Crippen LogP contribution < -0.4 is 16.4 Å². The predicted octanol–water partition coefficient (Wildman–Crippen LogP) is 4.66. The van der Waals surface area contributed by atoms with E-state index in [-0.39, 0.29) is 44.2 Å². The van der Waals surface area contributed by atoms with E-state index in [0.29, 0.717) is 39.9 Å². The van der Waals surface area contributed by atoms with Gasteiger partial charge in [-0.3, -0.25) is 23.9 Å². The van der Waals surface area contributed by atoms with E-state index in [9.17, 15) is 14.4 Å². The van der Waals surface area contributed by atoms with Crippen molar-refractivity contribution in [2.75, 3.05) is 18.4 Å². The summed E-state index contributed by atoms with van der Waals surface area (Å²) in [7, 11) is 0. The van der Waals surface area contributed by atoms with E-state index in [2.05, 4.69) is 46.5 Å². The fraction of sp³-hybridized carbons (Fsp3) is 0.294. The molecule has 0 saturated heterocycles. The van der Waals surface area contributed by atoms with Gasteiger partial charge >= 0.3 is 5.97 Å². The van der Waals surface area contributed by atoms with E-state index < -0.39 is 12.0 Å². The Balaban J connectivity index is 1.25. The molecule has 5 rings (SSSR count). The number of hydrogen-bond donors (Lipinski definition) is 4. The number of nitrogens with one attached hydrogen (secondary N) is 2. The predicted molar refractivity (Wildman–Crippen MR) is 182 cm³/mol. The Labute approximate surface area is 281 Å². The van der Waals surface area contributed by atoms with Gasteiger partial charge in [-0.15, -0.1) is 21.5 Å². The number of rotatable bonds is 10. The number of hydrogen-bond acceptors (Lipinski definition) is 8. The molecule has 11 nitrogen and oxygen atoms in total. The van der Waals surface area contributed by atoms with Crippen molar-refractivity contribution in [2.24, 2.45) is 10.7 Å². The van der Waals surface area contributed by atoms with Crippen LogP contribution in [-0.2, 0) is 20.8 Å². The van der Waals surface area contributed by atoms with Crippen LogP contribution in [-0.4, -0.2) is 56.5 Å². The number of carboxylic acids is 1. The molecule has 2 amide bonds. The first-order valence-electron chi connectivity index (χ1n) is 15.0. The number of halogens is 1. The SMILES string of the molecule is Cc1sc2c(c1C)C(c1ccc(Cl)cc1)=N[C@@H](CC(=O)NCCCC(=O)Nc1ccc(CC(=O)O)c(C#CCN)c1)c1nnc(C)n1-2. The average Bonchev–Trinajstić information content (AvgIpc) is 3.51. The lowest BCUT2D eigenvalue weighted by Crippen LogP contribution is -2.27. The van der Waals surface area contributed by atoms with E-state index in [1.807, 2.05) is 35.8 Å². The van der Waals surface area contributed by atoms with Crippen molar-refractivity contribution >= 4 is 52.1 Å². The molecule has 242 valence electrons. The van der Waals surface area contributed by atoms with Gasteiger partial charge in [-0.25, -0.2) is 0 Å². The Kier molecular flexibility index (Phi) is 10.5. The van der Waals surface area contributed by atoms with Crippen molar-refractivity contribution in [3.05, 3.63) is 91.8 Å². The Hall–Kier alpha value is -4.83. The molecular formula is C34H34ClN7O4S. The van der Waals surface area contributed by atoms with Gasteiger partial charge in [-0.1, -0.05) is 41.6 Å². The van der Waals surface area contributed by atoms with Gasteiger partial charge in [-0.2, -0.15) is 0 Å². The summed E-state index contributed by atoms with van der Waals surface area (Å²) in [5, 5.41) is 25.3. The van der Waals surface area contributed by atoms with Crippen LogP contribution in [0.1, 0.15) is 69.6 Å². The van der Waals surface area contributed by atoms with Crippen LogP contribution in [0.25, 0.3) is 5.00 Å². The summed E-state index contributed by atoms with van der Waals surface area (Å²) in [6.07, 6.45) is 0.423. The molecule has 2 aromatic carbocycles. The van der Waals surface area contributed by atoms with Gasteiger partial charge < -0.3 is 21.5 Å². The quantitative estimate of drug-likeness (QED) is 0.141. The standard InChI is InChI=1S/C34H34ClN7O4S/c1-19-20(2)47-34-31(19)32(22-8-11-25(35)12-9-22)39-27(33-41-40-21(3)42(33)34)18-29(44)37-15-5-7-28(43)38-26-13-10-24(17-30(45)46)23(16-26)6-4-14-36/h8-13,16,27H,5,7,14-15,17-18,36H2,1-3H3,(H,37,44)(H,38,43)(H,45,46)/t27-/m0/s1. The molecule has 47 heavy (non-hydrogen) atoms. The van der Waals surface area contributed by atoms with Gasteiger partial charge in [0.15, 0.2) is 5.82 Å². The van der Waals surface area contributed by atoms with Crippen LogP contribution in [0.5, 0.6) is 0 Å². The highest BCUT2D eigenvalue weighted by molar-refractivity contribution is 7.15. The number of carbonyl (C=O) groups is 3. The molecule has 0 unspecified atom stereocenters. The van der Waals surface area contributed by atoms with E-state index in [4.69, 9.17) is 27.4 Å². The minimum atomic E-state index is -0.980. The third-order valence-corrected chi connectivity index (χ3v) is 9.14. The number of aryl methyl sites for hydroxylation is 2. The van der Waals surface area contributed by atoms with Crippen molar-refractivity contribution in [2.45, 2.75) is 52.5 Å². The molecule has 0 aliphatic carbocycles. The molecule has 1 aliphatic rings. The summed E-state index contributed by atoms with van der Waals surface area (Å²) in [4.78, 5) is 43.3. The normalized spacial score (nSPS) is 13.4. The number of fused-ring (bicyclic) bond motifs is 3. The maximum Gasteiger partial charge on any atom is 0.307 e. The average molecular weight is 672 g/mol. The van der Waals surface area contributed by atoms with Crippen molar-refractivity contribution in [1.29, 1.82) is 0 Å². The fourth-order valence-electron chi connectivity index (χ4n) is 5.31. The summed E-state index contributed by atoms with van der Waals surface area (Å²) >= 11 is 7.84. The monoisotopic (exact) mass is 671 g/mol. The maximum atomic E-state index is 13.2. The van der Waals surface area contributed by atoms with Crippen LogP contribution in [0.3, 0.4) is 0 Å². The lowest BCUT2D eigenvalue weighted by atomic mass is 9.99. The Morgan fingerprint density at radius 2 is 1.85 bits per heavy atom. The number of carboxylic acid groups (broad SMARTS) is 1. The smallest absolute Gasteiger partial charge is 0.307 e.